The van der Waals surface area contributed by atoms with Gasteiger partial charge in [-0.15, -0.1) is 0 Å². The summed E-state index contributed by atoms with van der Waals surface area (Å²) in [5, 5.41) is 0. The summed E-state index contributed by atoms with van der Waals surface area (Å²) in [5.74, 6) is -0.111. The van der Waals surface area contributed by atoms with E-state index in [1.54, 1.807) is 6.07 Å². The van der Waals surface area contributed by atoms with Gasteiger partial charge in [-0.2, -0.15) is 0 Å². The van der Waals surface area contributed by atoms with Gasteiger partial charge < -0.3 is 4.55 Å². The van der Waals surface area contributed by atoms with Crippen molar-refractivity contribution in [2.45, 2.75) is 10.6 Å². The van der Waals surface area contributed by atoms with Gasteiger partial charge in [-0.1, -0.05) is 12.1 Å². The standard InChI is InChI=1S/C7H7ClO4S2/c8-14(11,12)7-3-1-2-6(4-7)5-13(9)10/h1-4H,5H2,(H,9,10). The highest BCUT2D eigenvalue weighted by Crippen LogP contribution is 2.16. The van der Waals surface area contributed by atoms with E-state index in [1.165, 1.54) is 18.2 Å². The molecule has 14 heavy (non-hydrogen) atoms. The first-order valence-electron chi connectivity index (χ1n) is 3.50. The van der Waals surface area contributed by atoms with Gasteiger partial charge >= 0.3 is 0 Å². The van der Waals surface area contributed by atoms with Crippen LogP contribution < -0.4 is 0 Å². The van der Waals surface area contributed by atoms with Gasteiger partial charge in [0.2, 0.25) is 0 Å². The lowest BCUT2D eigenvalue weighted by Gasteiger charge is -1.99. The molecule has 78 valence electrons. The smallest absolute Gasteiger partial charge is 0.261 e. The van der Waals surface area contributed by atoms with Crippen molar-refractivity contribution in [2.75, 3.05) is 0 Å². The Balaban J connectivity index is 3.08. The third-order valence-electron chi connectivity index (χ3n) is 1.47. The third kappa shape index (κ3) is 3.38. The minimum atomic E-state index is -3.77. The maximum absolute atomic E-state index is 10.9. The van der Waals surface area contributed by atoms with Gasteiger partial charge in [0.05, 0.1) is 10.6 Å². The molecule has 0 fully saturated rings. The zero-order valence-electron chi connectivity index (χ0n) is 6.88. The number of halogens is 1. The summed E-state index contributed by atoms with van der Waals surface area (Å²) in [6.45, 7) is 0. The summed E-state index contributed by atoms with van der Waals surface area (Å²) in [6.07, 6.45) is 0. The van der Waals surface area contributed by atoms with E-state index < -0.39 is 20.1 Å². The fourth-order valence-electron chi connectivity index (χ4n) is 0.930. The Kier molecular flexibility index (Phi) is 3.65. The molecule has 1 aromatic rings. The van der Waals surface area contributed by atoms with Crippen molar-refractivity contribution >= 4 is 30.8 Å². The normalized spacial score (nSPS) is 13.9. The van der Waals surface area contributed by atoms with Gasteiger partial charge in [0.25, 0.3) is 9.05 Å². The van der Waals surface area contributed by atoms with Gasteiger partial charge in [-0.25, -0.2) is 12.6 Å². The third-order valence-corrected chi connectivity index (χ3v) is 3.40. The van der Waals surface area contributed by atoms with Crippen LogP contribution in [0, 0.1) is 0 Å². The molecule has 0 spiro atoms. The molecule has 0 saturated heterocycles. The molecule has 0 bridgehead atoms. The van der Waals surface area contributed by atoms with Crippen molar-refractivity contribution in [3.63, 3.8) is 0 Å². The predicted molar refractivity (Wildman–Crippen MR) is 54.0 cm³/mol. The Morgan fingerprint density at radius 3 is 2.57 bits per heavy atom. The zero-order chi connectivity index (χ0) is 10.8. The summed E-state index contributed by atoms with van der Waals surface area (Å²) in [7, 11) is 1.33. The Hall–Kier alpha value is -0.430. The number of hydrogen-bond donors (Lipinski definition) is 1. The fraction of sp³-hybridized carbons (Fsp3) is 0.143. The molecule has 1 N–H and O–H groups in total. The average molecular weight is 255 g/mol. The first kappa shape index (κ1) is 11.6. The summed E-state index contributed by atoms with van der Waals surface area (Å²) >= 11 is -1.99. The summed E-state index contributed by atoms with van der Waals surface area (Å²) in [6, 6.07) is 5.62. The molecule has 0 saturated carbocycles. The van der Waals surface area contributed by atoms with E-state index in [-0.39, 0.29) is 10.6 Å². The minimum absolute atomic E-state index is 0.0675. The molecule has 1 atom stereocenters. The summed E-state index contributed by atoms with van der Waals surface area (Å²) in [4.78, 5) is -0.0675. The van der Waals surface area contributed by atoms with E-state index in [1.807, 2.05) is 0 Å². The maximum atomic E-state index is 10.9. The van der Waals surface area contributed by atoms with Crippen LogP contribution in [0.5, 0.6) is 0 Å². The van der Waals surface area contributed by atoms with Crippen LogP contribution in [0.3, 0.4) is 0 Å². The van der Waals surface area contributed by atoms with Gasteiger partial charge in [0, 0.05) is 10.7 Å². The monoisotopic (exact) mass is 254 g/mol. The second-order valence-electron chi connectivity index (χ2n) is 2.55. The zero-order valence-corrected chi connectivity index (χ0v) is 9.27. The highest BCUT2D eigenvalue weighted by atomic mass is 35.7. The van der Waals surface area contributed by atoms with Crippen molar-refractivity contribution in [1.82, 2.24) is 0 Å². The van der Waals surface area contributed by atoms with Crippen LogP contribution in [0.2, 0.25) is 0 Å². The van der Waals surface area contributed by atoms with Crippen LogP contribution >= 0.6 is 10.7 Å². The molecular formula is C7H7ClO4S2. The largest absolute Gasteiger partial charge is 0.306 e. The van der Waals surface area contributed by atoms with Gasteiger partial charge in [-0.3, -0.25) is 0 Å². The maximum Gasteiger partial charge on any atom is 0.261 e. The van der Waals surface area contributed by atoms with Crippen LogP contribution in [0.4, 0.5) is 0 Å². The molecule has 0 aliphatic rings. The number of benzene rings is 1. The van der Waals surface area contributed by atoms with Crippen LogP contribution in [0.15, 0.2) is 29.2 Å². The molecule has 7 heteroatoms. The lowest BCUT2D eigenvalue weighted by atomic mass is 10.2. The van der Waals surface area contributed by atoms with E-state index in [9.17, 15) is 12.6 Å². The van der Waals surface area contributed by atoms with Crippen LogP contribution in [-0.2, 0) is 25.9 Å². The minimum Gasteiger partial charge on any atom is -0.306 e. The molecule has 1 unspecified atom stereocenters. The van der Waals surface area contributed by atoms with E-state index in [2.05, 4.69) is 0 Å². The fourth-order valence-corrected chi connectivity index (χ4v) is 2.22. The molecule has 0 radical (unpaired) electrons. The first-order valence-corrected chi connectivity index (χ1v) is 7.09. The lowest BCUT2D eigenvalue weighted by Crippen LogP contribution is -1.96. The average Bonchev–Trinajstić information content (AvgIpc) is 2.01. The molecule has 0 aliphatic heterocycles. The van der Waals surface area contributed by atoms with E-state index >= 15 is 0 Å². The van der Waals surface area contributed by atoms with E-state index in [0.29, 0.717) is 5.56 Å². The van der Waals surface area contributed by atoms with Crippen molar-refractivity contribution in [3.05, 3.63) is 29.8 Å². The SMILES string of the molecule is O=S(O)Cc1cccc(S(=O)(=O)Cl)c1. The Labute approximate surface area is 88.6 Å². The van der Waals surface area contributed by atoms with Crippen molar-refractivity contribution in [3.8, 4) is 0 Å². The number of rotatable bonds is 3. The Morgan fingerprint density at radius 2 is 2.07 bits per heavy atom. The first-order chi connectivity index (χ1) is 6.39. The van der Waals surface area contributed by atoms with E-state index in [0.717, 1.165) is 0 Å². The quantitative estimate of drug-likeness (QED) is 0.653. The Bertz CT molecular complexity index is 455. The summed E-state index contributed by atoms with van der Waals surface area (Å²) < 4.78 is 40.8. The van der Waals surface area contributed by atoms with Gasteiger partial charge in [0.15, 0.2) is 11.1 Å². The highest BCUT2D eigenvalue weighted by molar-refractivity contribution is 8.13. The van der Waals surface area contributed by atoms with Crippen molar-refractivity contribution < 1.29 is 17.2 Å². The molecule has 4 nitrogen and oxygen atoms in total. The molecule has 0 aliphatic carbocycles. The topological polar surface area (TPSA) is 71.4 Å². The highest BCUT2D eigenvalue weighted by Gasteiger charge is 2.10. The van der Waals surface area contributed by atoms with Crippen molar-refractivity contribution in [1.29, 1.82) is 0 Å². The molecule has 1 rings (SSSR count). The van der Waals surface area contributed by atoms with Crippen LogP contribution in [0.25, 0.3) is 0 Å². The molecule has 0 amide bonds. The predicted octanol–water partition coefficient (Wildman–Crippen LogP) is 1.34. The van der Waals surface area contributed by atoms with Gasteiger partial charge in [-0.05, 0) is 17.7 Å². The second kappa shape index (κ2) is 4.39. The lowest BCUT2D eigenvalue weighted by molar-refractivity contribution is 0.563. The van der Waals surface area contributed by atoms with Crippen LogP contribution in [0.1, 0.15) is 5.56 Å². The molecule has 1 aromatic carbocycles. The van der Waals surface area contributed by atoms with Gasteiger partial charge in [0.1, 0.15) is 0 Å². The molecule has 0 aromatic heterocycles. The number of hydrogen-bond acceptors (Lipinski definition) is 3. The van der Waals surface area contributed by atoms with E-state index in [4.69, 9.17) is 15.2 Å². The Morgan fingerprint density at radius 1 is 1.43 bits per heavy atom. The molecular weight excluding hydrogens is 248 g/mol. The second-order valence-corrected chi connectivity index (χ2v) is 6.05. The molecule has 0 heterocycles. The summed E-state index contributed by atoms with van der Waals surface area (Å²) in [5.41, 5.74) is 0.451. The van der Waals surface area contributed by atoms with Crippen LogP contribution in [-0.4, -0.2) is 17.2 Å². The van der Waals surface area contributed by atoms with Crippen molar-refractivity contribution in [2.24, 2.45) is 0 Å².